The van der Waals surface area contributed by atoms with Gasteiger partial charge < -0.3 is 9.47 Å². The van der Waals surface area contributed by atoms with Crippen LogP contribution in [0.5, 0.6) is 5.75 Å². The fourth-order valence-electron chi connectivity index (χ4n) is 1.67. The van der Waals surface area contributed by atoms with Gasteiger partial charge in [0.15, 0.2) is 0 Å². The van der Waals surface area contributed by atoms with Gasteiger partial charge in [-0.05, 0) is 25.1 Å². The van der Waals surface area contributed by atoms with Crippen molar-refractivity contribution in [1.82, 2.24) is 4.98 Å². The molecule has 1 aromatic carbocycles. The molecule has 2 aromatic rings. The molecular formula is C13H9ClF3NO3. The van der Waals surface area contributed by atoms with Crippen LogP contribution in [-0.2, 0) is 4.74 Å². The monoisotopic (exact) mass is 319 g/mol. The van der Waals surface area contributed by atoms with E-state index in [-0.39, 0.29) is 22.8 Å². The topological polar surface area (TPSA) is 48.4 Å². The fraction of sp³-hybridized carbons (Fsp3) is 0.231. The van der Waals surface area contributed by atoms with Gasteiger partial charge in [0.05, 0.1) is 17.7 Å². The van der Waals surface area contributed by atoms with Gasteiger partial charge >= 0.3 is 12.3 Å². The lowest BCUT2D eigenvalue weighted by Gasteiger charge is -2.10. The van der Waals surface area contributed by atoms with Gasteiger partial charge in [0.2, 0.25) is 0 Å². The average molecular weight is 320 g/mol. The van der Waals surface area contributed by atoms with Crippen LogP contribution in [0.25, 0.3) is 10.9 Å². The van der Waals surface area contributed by atoms with E-state index in [9.17, 15) is 18.0 Å². The Morgan fingerprint density at radius 2 is 2.05 bits per heavy atom. The number of nitrogens with zero attached hydrogens (tertiary/aromatic N) is 1. The molecule has 2 rings (SSSR count). The van der Waals surface area contributed by atoms with E-state index in [1.54, 1.807) is 6.92 Å². The zero-order valence-corrected chi connectivity index (χ0v) is 11.5. The van der Waals surface area contributed by atoms with E-state index in [0.717, 1.165) is 12.1 Å². The maximum absolute atomic E-state index is 12.1. The van der Waals surface area contributed by atoms with Gasteiger partial charge in [-0.3, -0.25) is 0 Å². The zero-order valence-electron chi connectivity index (χ0n) is 10.7. The van der Waals surface area contributed by atoms with Crippen molar-refractivity contribution in [3.8, 4) is 5.75 Å². The van der Waals surface area contributed by atoms with Crippen LogP contribution in [-0.4, -0.2) is 23.9 Å². The minimum absolute atomic E-state index is 0.0514. The standard InChI is InChI=1S/C13H9ClF3NO3/c1-2-20-12(19)9-5-7-3-4-8(21-13(15,16)17)6-10(7)18-11(9)14/h3-6H,2H2,1H3. The predicted molar refractivity (Wildman–Crippen MR) is 69.4 cm³/mol. The average Bonchev–Trinajstić information content (AvgIpc) is 2.36. The summed E-state index contributed by atoms with van der Waals surface area (Å²) in [5.74, 6) is -1.06. The maximum atomic E-state index is 12.1. The Hall–Kier alpha value is -2.02. The predicted octanol–water partition coefficient (Wildman–Crippen LogP) is 3.96. The Morgan fingerprint density at radius 1 is 1.33 bits per heavy atom. The summed E-state index contributed by atoms with van der Waals surface area (Å²) in [7, 11) is 0. The van der Waals surface area contributed by atoms with Gasteiger partial charge in [0, 0.05) is 11.5 Å². The lowest BCUT2D eigenvalue weighted by atomic mass is 10.1. The van der Waals surface area contributed by atoms with Crippen molar-refractivity contribution in [2.24, 2.45) is 0 Å². The number of alkyl halides is 3. The van der Waals surface area contributed by atoms with E-state index in [0.29, 0.717) is 5.39 Å². The highest BCUT2D eigenvalue weighted by Gasteiger charge is 2.31. The lowest BCUT2D eigenvalue weighted by molar-refractivity contribution is -0.274. The first-order valence-electron chi connectivity index (χ1n) is 5.83. The van der Waals surface area contributed by atoms with Crippen LogP contribution in [0, 0.1) is 0 Å². The Morgan fingerprint density at radius 3 is 2.67 bits per heavy atom. The first kappa shape index (κ1) is 15.4. The summed E-state index contributed by atoms with van der Waals surface area (Å²) >= 11 is 5.84. The number of halogens is 4. The van der Waals surface area contributed by atoms with E-state index in [1.807, 2.05) is 0 Å². The SMILES string of the molecule is CCOC(=O)c1cc2ccc(OC(F)(F)F)cc2nc1Cl. The molecule has 4 nitrogen and oxygen atoms in total. The van der Waals surface area contributed by atoms with Crippen LogP contribution in [0.3, 0.4) is 0 Å². The molecule has 112 valence electrons. The normalized spacial score (nSPS) is 11.5. The minimum Gasteiger partial charge on any atom is -0.462 e. The van der Waals surface area contributed by atoms with Gasteiger partial charge in [-0.1, -0.05) is 11.6 Å². The summed E-state index contributed by atoms with van der Waals surface area (Å²) < 4.78 is 45.0. The highest BCUT2D eigenvalue weighted by molar-refractivity contribution is 6.33. The van der Waals surface area contributed by atoms with E-state index < -0.39 is 18.1 Å². The summed E-state index contributed by atoms with van der Waals surface area (Å²) in [6.07, 6.45) is -4.79. The van der Waals surface area contributed by atoms with Crippen molar-refractivity contribution in [3.63, 3.8) is 0 Å². The first-order chi connectivity index (χ1) is 9.80. The number of fused-ring (bicyclic) bond motifs is 1. The van der Waals surface area contributed by atoms with E-state index >= 15 is 0 Å². The van der Waals surface area contributed by atoms with Crippen molar-refractivity contribution in [3.05, 3.63) is 35.0 Å². The second-order valence-electron chi connectivity index (χ2n) is 3.95. The third kappa shape index (κ3) is 3.75. The number of ether oxygens (including phenoxy) is 2. The van der Waals surface area contributed by atoms with Crippen LogP contribution in [0.4, 0.5) is 13.2 Å². The van der Waals surface area contributed by atoms with Gasteiger partial charge in [0.1, 0.15) is 10.9 Å². The van der Waals surface area contributed by atoms with Crippen molar-refractivity contribution in [2.45, 2.75) is 13.3 Å². The molecule has 0 saturated carbocycles. The van der Waals surface area contributed by atoms with Gasteiger partial charge in [-0.25, -0.2) is 9.78 Å². The van der Waals surface area contributed by atoms with Crippen LogP contribution in [0.2, 0.25) is 5.15 Å². The van der Waals surface area contributed by atoms with Crippen LogP contribution in [0.1, 0.15) is 17.3 Å². The summed E-state index contributed by atoms with van der Waals surface area (Å²) in [5.41, 5.74) is 0.227. The lowest BCUT2D eigenvalue weighted by Crippen LogP contribution is -2.17. The molecule has 1 heterocycles. The highest BCUT2D eigenvalue weighted by atomic mass is 35.5. The van der Waals surface area contributed by atoms with Crippen LogP contribution in [0.15, 0.2) is 24.3 Å². The molecule has 0 fully saturated rings. The van der Waals surface area contributed by atoms with Gasteiger partial charge in [0.25, 0.3) is 0 Å². The van der Waals surface area contributed by atoms with Gasteiger partial charge in [-0.15, -0.1) is 13.2 Å². The number of esters is 1. The molecule has 0 amide bonds. The molecular weight excluding hydrogens is 311 g/mol. The molecule has 0 atom stereocenters. The van der Waals surface area contributed by atoms with E-state index in [1.165, 1.54) is 12.1 Å². The Bertz CT molecular complexity index is 688. The molecule has 0 saturated heterocycles. The third-order valence-corrected chi connectivity index (χ3v) is 2.76. The molecule has 8 heteroatoms. The fourth-order valence-corrected chi connectivity index (χ4v) is 1.90. The maximum Gasteiger partial charge on any atom is 0.573 e. The summed E-state index contributed by atoms with van der Waals surface area (Å²) in [5, 5.41) is 0.294. The molecule has 1 aromatic heterocycles. The number of hydrogen-bond donors (Lipinski definition) is 0. The number of pyridine rings is 1. The smallest absolute Gasteiger partial charge is 0.462 e. The van der Waals surface area contributed by atoms with E-state index in [2.05, 4.69) is 9.72 Å². The number of hydrogen-bond acceptors (Lipinski definition) is 4. The second kappa shape index (κ2) is 5.77. The first-order valence-corrected chi connectivity index (χ1v) is 6.21. The number of rotatable bonds is 3. The van der Waals surface area contributed by atoms with Crippen molar-refractivity contribution in [2.75, 3.05) is 6.61 Å². The van der Waals surface area contributed by atoms with Gasteiger partial charge in [-0.2, -0.15) is 0 Å². The Labute approximate surface area is 122 Å². The molecule has 0 unspecified atom stereocenters. The number of carbonyl (C=O) groups excluding carboxylic acids is 1. The Balaban J connectivity index is 2.42. The van der Waals surface area contributed by atoms with Crippen molar-refractivity contribution < 1.29 is 27.4 Å². The summed E-state index contributed by atoms with van der Waals surface area (Å²) in [6, 6.07) is 4.96. The quantitative estimate of drug-likeness (QED) is 0.634. The Kier molecular flexibility index (Phi) is 4.22. The second-order valence-corrected chi connectivity index (χ2v) is 4.31. The zero-order chi connectivity index (χ0) is 15.6. The molecule has 0 aliphatic carbocycles. The van der Waals surface area contributed by atoms with Crippen LogP contribution >= 0.6 is 11.6 Å². The number of aromatic nitrogens is 1. The third-order valence-electron chi connectivity index (χ3n) is 2.47. The molecule has 0 aliphatic rings. The molecule has 0 bridgehead atoms. The minimum atomic E-state index is -4.79. The van der Waals surface area contributed by atoms with E-state index in [4.69, 9.17) is 16.3 Å². The summed E-state index contributed by atoms with van der Waals surface area (Å²) in [4.78, 5) is 15.5. The molecule has 21 heavy (non-hydrogen) atoms. The van der Waals surface area contributed by atoms with Crippen molar-refractivity contribution in [1.29, 1.82) is 0 Å². The van der Waals surface area contributed by atoms with Crippen molar-refractivity contribution >= 4 is 28.5 Å². The number of carbonyl (C=O) groups is 1. The highest BCUT2D eigenvalue weighted by Crippen LogP contribution is 2.28. The number of benzene rings is 1. The van der Waals surface area contributed by atoms with Crippen LogP contribution < -0.4 is 4.74 Å². The molecule has 0 N–H and O–H groups in total. The molecule has 0 radical (unpaired) electrons. The summed E-state index contributed by atoms with van der Waals surface area (Å²) in [6.45, 7) is 1.81. The molecule has 0 aliphatic heterocycles. The largest absolute Gasteiger partial charge is 0.573 e. The molecule has 0 spiro atoms.